The van der Waals surface area contributed by atoms with Gasteiger partial charge >= 0.3 is 5.97 Å². The quantitative estimate of drug-likeness (QED) is 0.753. The van der Waals surface area contributed by atoms with Crippen LogP contribution in [-0.4, -0.2) is 28.8 Å². The van der Waals surface area contributed by atoms with Gasteiger partial charge in [0.2, 0.25) is 5.91 Å². The molecule has 1 aromatic rings. The van der Waals surface area contributed by atoms with Gasteiger partial charge in [-0.05, 0) is 24.8 Å². The van der Waals surface area contributed by atoms with E-state index in [0.717, 1.165) is 5.56 Å². The van der Waals surface area contributed by atoms with Crippen LogP contribution in [0.3, 0.4) is 0 Å². The molecule has 1 aromatic carbocycles. The average molecular weight is 291 g/mol. The number of carbonyl (C=O) groups excluding carboxylic acids is 2. The number of Topliss-reactive ketones (excluding diaryl/α,β-unsaturated/α-hetero) is 1. The fourth-order valence-electron chi connectivity index (χ4n) is 1.98. The number of aliphatic carboxylic acids is 1. The molecule has 1 rings (SSSR count). The molecule has 0 fully saturated rings. The highest BCUT2D eigenvalue weighted by Crippen LogP contribution is 2.08. The summed E-state index contributed by atoms with van der Waals surface area (Å²) < 4.78 is 0. The molecule has 0 saturated carbocycles. The summed E-state index contributed by atoms with van der Waals surface area (Å²) in [4.78, 5) is 34.1. The van der Waals surface area contributed by atoms with Crippen LogP contribution in [0.1, 0.15) is 43.1 Å². The van der Waals surface area contributed by atoms with Crippen molar-refractivity contribution in [2.24, 2.45) is 5.92 Å². The Kier molecular flexibility index (Phi) is 6.09. The topological polar surface area (TPSA) is 83.5 Å². The number of ketones is 1. The molecule has 0 heterocycles. The van der Waals surface area contributed by atoms with Gasteiger partial charge in [0.1, 0.15) is 6.04 Å². The Morgan fingerprint density at radius 3 is 2.14 bits per heavy atom. The van der Waals surface area contributed by atoms with Crippen molar-refractivity contribution >= 4 is 17.7 Å². The van der Waals surface area contributed by atoms with E-state index in [0.29, 0.717) is 12.0 Å². The molecule has 114 valence electrons. The van der Waals surface area contributed by atoms with Crippen LogP contribution in [0.15, 0.2) is 24.3 Å². The third-order valence-corrected chi connectivity index (χ3v) is 3.07. The van der Waals surface area contributed by atoms with Crippen molar-refractivity contribution in [3.05, 3.63) is 35.4 Å². The minimum absolute atomic E-state index is 0.0334. The molecule has 5 heteroatoms. The van der Waals surface area contributed by atoms with E-state index in [4.69, 9.17) is 5.11 Å². The first kappa shape index (κ1) is 16.9. The summed E-state index contributed by atoms with van der Waals surface area (Å²) in [5.41, 5.74) is 1.33. The first-order valence-corrected chi connectivity index (χ1v) is 6.91. The zero-order valence-corrected chi connectivity index (χ0v) is 12.6. The number of rotatable bonds is 7. The van der Waals surface area contributed by atoms with Crippen LogP contribution in [0.2, 0.25) is 0 Å². The number of hydrogen-bond acceptors (Lipinski definition) is 3. The number of carbonyl (C=O) groups is 3. The molecular weight excluding hydrogens is 270 g/mol. The first-order valence-electron chi connectivity index (χ1n) is 6.91. The summed E-state index contributed by atoms with van der Waals surface area (Å²) in [5, 5.41) is 11.6. The van der Waals surface area contributed by atoms with Crippen molar-refractivity contribution in [2.45, 2.75) is 39.7 Å². The van der Waals surface area contributed by atoms with Crippen LogP contribution < -0.4 is 5.32 Å². The molecule has 0 saturated heterocycles. The zero-order valence-electron chi connectivity index (χ0n) is 12.6. The van der Waals surface area contributed by atoms with Crippen LogP contribution in [-0.2, 0) is 16.0 Å². The van der Waals surface area contributed by atoms with Gasteiger partial charge in [-0.3, -0.25) is 9.59 Å². The predicted molar refractivity (Wildman–Crippen MR) is 79.2 cm³/mol. The molecule has 0 bridgehead atoms. The minimum Gasteiger partial charge on any atom is -0.480 e. The van der Waals surface area contributed by atoms with Crippen molar-refractivity contribution in [3.8, 4) is 0 Å². The van der Waals surface area contributed by atoms with Crippen LogP contribution >= 0.6 is 0 Å². The van der Waals surface area contributed by atoms with Crippen LogP contribution in [0.4, 0.5) is 0 Å². The van der Waals surface area contributed by atoms with E-state index in [-0.39, 0.29) is 24.0 Å². The Bertz CT molecular complexity index is 520. The molecule has 2 N–H and O–H groups in total. The summed E-state index contributed by atoms with van der Waals surface area (Å²) in [6.45, 7) is 5.29. The van der Waals surface area contributed by atoms with Gasteiger partial charge in [-0.1, -0.05) is 38.1 Å². The lowest BCUT2D eigenvalue weighted by Gasteiger charge is -2.16. The first-order chi connectivity index (χ1) is 9.79. The second-order valence-corrected chi connectivity index (χ2v) is 5.52. The van der Waals surface area contributed by atoms with E-state index in [1.807, 2.05) is 13.8 Å². The third kappa shape index (κ3) is 5.77. The Labute approximate surface area is 124 Å². The third-order valence-electron chi connectivity index (χ3n) is 3.07. The molecule has 0 spiro atoms. The molecular formula is C16H21NO4. The lowest BCUT2D eigenvalue weighted by molar-refractivity contribution is -0.142. The van der Waals surface area contributed by atoms with Crippen molar-refractivity contribution in [1.82, 2.24) is 5.32 Å². The molecule has 1 amide bonds. The van der Waals surface area contributed by atoms with Gasteiger partial charge in [0.05, 0.1) is 6.42 Å². The van der Waals surface area contributed by atoms with Crippen molar-refractivity contribution in [1.29, 1.82) is 0 Å². The normalized spacial score (nSPS) is 12.0. The standard InChI is InChI=1S/C16H21NO4/c1-10(2)8-14(16(20)21)17-15(19)9-12-4-6-13(7-5-12)11(3)18/h4-7,10,14H,8-9H2,1-3H3,(H,17,19)(H,20,21)/t14-/m1/s1. The zero-order chi connectivity index (χ0) is 16.0. The summed E-state index contributed by atoms with van der Waals surface area (Å²) in [6, 6.07) is 5.86. The van der Waals surface area contributed by atoms with Gasteiger partial charge < -0.3 is 10.4 Å². The van der Waals surface area contributed by atoms with E-state index < -0.39 is 12.0 Å². The molecule has 1 atom stereocenters. The number of hydrogen-bond donors (Lipinski definition) is 2. The van der Waals surface area contributed by atoms with E-state index in [9.17, 15) is 14.4 Å². The lowest BCUT2D eigenvalue weighted by atomic mass is 10.0. The summed E-state index contributed by atoms with van der Waals surface area (Å²) >= 11 is 0. The van der Waals surface area contributed by atoms with E-state index in [2.05, 4.69) is 5.32 Å². The minimum atomic E-state index is -1.02. The van der Waals surface area contributed by atoms with Gasteiger partial charge in [0, 0.05) is 5.56 Å². The Balaban J connectivity index is 2.63. The maximum atomic E-state index is 11.9. The Hall–Kier alpha value is -2.17. The SMILES string of the molecule is CC(=O)c1ccc(CC(=O)N[C@H](CC(C)C)C(=O)O)cc1. The van der Waals surface area contributed by atoms with Gasteiger partial charge in [-0.2, -0.15) is 0 Å². The largest absolute Gasteiger partial charge is 0.480 e. The smallest absolute Gasteiger partial charge is 0.326 e. The fourth-order valence-corrected chi connectivity index (χ4v) is 1.98. The molecule has 0 aliphatic rings. The van der Waals surface area contributed by atoms with Gasteiger partial charge in [0.15, 0.2) is 5.78 Å². The maximum Gasteiger partial charge on any atom is 0.326 e. The lowest BCUT2D eigenvalue weighted by Crippen LogP contribution is -2.42. The predicted octanol–water partition coefficient (Wildman–Crippen LogP) is 2.05. The Morgan fingerprint density at radius 1 is 1.14 bits per heavy atom. The highest BCUT2D eigenvalue weighted by atomic mass is 16.4. The molecule has 0 radical (unpaired) electrons. The number of carboxylic acid groups (broad SMARTS) is 1. The van der Waals surface area contributed by atoms with Crippen molar-refractivity contribution in [3.63, 3.8) is 0 Å². The van der Waals surface area contributed by atoms with Crippen LogP contribution in [0, 0.1) is 5.92 Å². The number of carboxylic acids is 1. The monoisotopic (exact) mass is 291 g/mol. The molecule has 5 nitrogen and oxygen atoms in total. The van der Waals surface area contributed by atoms with Gasteiger partial charge in [-0.15, -0.1) is 0 Å². The second kappa shape index (κ2) is 7.57. The number of benzene rings is 1. The molecule has 0 aromatic heterocycles. The van der Waals surface area contributed by atoms with Crippen molar-refractivity contribution < 1.29 is 19.5 Å². The van der Waals surface area contributed by atoms with Crippen LogP contribution in [0.5, 0.6) is 0 Å². The fraction of sp³-hybridized carbons (Fsp3) is 0.438. The maximum absolute atomic E-state index is 11.9. The number of amides is 1. The number of nitrogens with one attached hydrogen (secondary N) is 1. The van der Waals surface area contributed by atoms with Crippen molar-refractivity contribution in [2.75, 3.05) is 0 Å². The molecule has 0 aliphatic carbocycles. The van der Waals surface area contributed by atoms with Gasteiger partial charge in [0.25, 0.3) is 0 Å². The van der Waals surface area contributed by atoms with Crippen LogP contribution in [0.25, 0.3) is 0 Å². The highest BCUT2D eigenvalue weighted by Gasteiger charge is 2.20. The van der Waals surface area contributed by atoms with E-state index >= 15 is 0 Å². The van der Waals surface area contributed by atoms with Gasteiger partial charge in [-0.25, -0.2) is 4.79 Å². The summed E-state index contributed by atoms with van der Waals surface area (Å²) in [7, 11) is 0. The molecule has 0 aliphatic heterocycles. The highest BCUT2D eigenvalue weighted by molar-refractivity contribution is 5.94. The average Bonchev–Trinajstić information content (AvgIpc) is 2.37. The Morgan fingerprint density at radius 2 is 1.71 bits per heavy atom. The molecule has 0 unspecified atom stereocenters. The van der Waals surface area contributed by atoms with E-state index in [1.54, 1.807) is 24.3 Å². The van der Waals surface area contributed by atoms with E-state index in [1.165, 1.54) is 6.92 Å². The summed E-state index contributed by atoms with van der Waals surface area (Å²) in [5.74, 6) is -1.21. The molecule has 21 heavy (non-hydrogen) atoms. The summed E-state index contributed by atoms with van der Waals surface area (Å²) in [6.07, 6.45) is 0.490. The second-order valence-electron chi connectivity index (χ2n) is 5.52.